The summed E-state index contributed by atoms with van der Waals surface area (Å²) in [7, 11) is 1.87. The molecule has 0 aromatic rings. The van der Waals surface area contributed by atoms with Crippen LogP contribution in [0, 0.1) is 5.92 Å². The molecule has 4 nitrogen and oxygen atoms in total. The number of nitrogens with zero attached hydrogens (tertiary/aromatic N) is 2. The first-order chi connectivity index (χ1) is 9.65. The van der Waals surface area contributed by atoms with Crippen LogP contribution in [-0.2, 0) is 0 Å². The second kappa shape index (κ2) is 10.0. The van der Waals surface area contributed by atoms with Crippen molar-refractivity contribution in [3.8, 4) is 0 Å². The number of nitrogens with one attached hydrogen (secondary N) is 2. The maximum absolute atomic E-state index is 4.33. The smallest absolute Gasteiger partial charge is 0.191 e. The molecule has 4 heteroatoms. The van der Waals surface area contributed by atoms with Gasteiger partial charge in [0.2, 0.25) is 0 Å². The highest BCUT2D eigenvalue weighted by atomic mass is 15.2. The Balaban J connectivity index is 2.18. The van der Waals surface area contributed by atoms with Gasteiger partial charge in [0.15, 0.2) is 5.96 Å². The number of aliphatic imine (C=N–C) groups is 1. The molecule has 1 rings (SSSR count). The van der Waals surface area contributed by atoms with Crippen LogP contribution in [0.15, 0.2) is 4.99 Å². The van der Waals surface area contributed by atoms with Gasteiger partial charge in [0.1, 0.15) is 0 Å². The Morgan fingerprint density at radius 2 is 2.00 bits per heavy atom. The Bertz CT molecular complexity index is 268. The molecule has 0 bridgehead atoms. The topological polar surface area (TPSA) is 39.7 Å². The van der Waals surface area contributed by atoms with E-state index in [1.807, 2.05) is 7.05 Å². The van der Waals surface area contributed by atoms with Crippen LogP contribution in [0.25, 0.3) is 0 Å². The van der Waals surface area contributed by atoms with E-state index in [1.165, 1.54) is 51.7 Å². The third kappa shape index (κ3) is 7.13. The van der Waals surface area contributed by atoms with Crippen LogP contribution in [0.2, 0.25) is 0 Å². The predicted octanol–water partition coefficient (Wildman–Crippen LogP) is 2.46. The fourth-order valence-electron chi connectivity index (χ4n) is 2.72. The van der Waals surface area contributed by atoms with E-state index in [-0.39, 0.29) is 0 Å². The van der Waals surface area contributed by atoms with Gasteiger partial charge in [-0.3, -0.25) is 4.99 Å². The first-order valence-corrected chi connectivity index (χ1v) is 8.35. The van der Waals surface area contributed by atoms with Gasteiger partial charge in [-0.1, -0.05) is 20.8 Å². The molecule has 2 N–H and O–H groups in total. The fourth-order valence-corrected chi connectivity index (χ4v) is 2.72. The fraction of sp³-hybridized carbons (Fsp3) is 0.938. The summed E-state index contributed by atoms with van der Waals surface area (Å²) in [6.45, 7) is 11.5. The maximum Gasteiger partial charge on any atom is 0.191 e. The third-order valence-corrected chi connectivity index (χ3v) is 3.94. The van der Waals surface area contributed by atoms with E-state index in [0.29, 0.717) is 6.04 Å². The molecule has 118 valence electrons. The van der Waals surface area contributed by atoms with E-state index >= 15 is 0 Å². The van der Waals surface area contributed by atoms with Crippen LogP contribution in [0.5, 0.6) is 0 Å². The Kier molecular flexibility index (Phi) is 8.67. The monoisotopic (exact) mass is 282 g/mol. The number of guanidine groups is 1. The van der Waals surface area contributed by atoms with Crippen LogP contribution in [0.3, 0.4) is 0 Å². The molecule has 1 saturated heterocycles. The van der Waals surface area contributed by atoms with Crippen molar-refractivity contribution in [2.45, 2.75) is 58.9 Å². The van der Waals surface area contributed by atoms with Crippen LogP contribution in [-0.4, -0.2) is 50.1 Å². The molecule has 1 fully saturated rings. The van der Waals surface area contributed by atoms with Crippen molar-refractivity contribution in [1.82, 2.24) is 15.5 Å². The summed E-state index contributed by atoms with van der Waals surface area (Å²) in [5.41, 5.74) is 0. The Hall–Kier alpha value is -0.770. The molecule has 0 aliphatic carbocycles. The van der Waals surface area contributed by atoms with E-state index in [4.69, 9.17) is 0 Å². The van der Waals surface area contributed by atoms with Gasteiger partial charge in [0.05, 0.1) is 0 Å². The molecule has 1 aliphatic heterocycles. The van der Waals surface area contributed by atoms with Crippen LogP contribution < -0.4 is 10.6 Å². The van der Waals surface area contributed by atoms with Gasteiger partial charge in [-0.15, -0.1) is 0 Å². The van der Waals surface area contributed by atoms with Crippen molar-refractivity contribution in [3.05, 3.63) is 0 Å². The largest absolute Gasteiger partial charge is 0.356 e. The zero-order chi connectivity index (χ0) is 14.8. The van der Waals surface area contributed by atoms with Gasteiger partial charge >= 0.3 is 0 Å². The van der Waals surface area contributed by atoms with Gasteiger partial charge in [0, 0.05) is 32.7 Å². The lowest BCUT2D eigenvalue weighted by Gasteiger charge is -2.32. The molecule has 0 aromatic carbocycles. The van der Waals surface area contributed by atoms with Crippen molar-refractivity contribution >= 4 is 5.96 Å². The summed E-state index contributed by atoms with van der Waals surface area (Å²) in [6, 6.07) is 0.583. The summed E-state index contributed by atoms with van der Waals surface area (Å²) in [4.78, 5) is 6.90. The summed E-state index contributed by atoms with van der Waals surface area (Å²) in [5.74, 6) is 1.76. The molecule has 20 heavy (non-hydrogen) atoms. The molecular formula is C16H34N4. The van der Waals surface area contributed by atoms with Crippen molar-refractivity contribution < 1.29 is 0 Å². The van der Waals surface area contributed by atoms with Crippen LogP contribution >= 0.6 is 0 Å². The second-order valence-electron chi connectivity index (χ2n) is 6.30. The second-order valence-corrected chi connectivity index (χ2v) is 6.30. The molecule has 0 saturated carbocycles. The van der Waals surface area contributed by atoms with Crippen molar-refractivity contribution in [1.29, 1.82) is 0 Å². The maximum atomic E-state index is 4.33. The minimum Gasteiger partial charge on any atom is -0.356 e. The van der Waals surface area contributed by atoms with E-state index in [9.17, 15) is 0 Å². The van der Waals surface area contributed by atoms with Crippen molar-refractivity contribution in [2.24, 2.45) is 10.9 Å². The number of hydrogen-bond acceptors (Lipinski definition) is 2. The molecule has 1 aliphatic rings. The number of piperidine rings is 1. The van der Waals surface area contributed by atoms with Crippen molar-refractivity contribution in [2.75, 3.05) is 33.2 Å². The molecule has 0 atom stereocenters. The third-order valence-electron chi connectivity index (χ3n) is 3.94. The highest BCUT2D eigenvalue weighted by molar-refractivity contribution is 5.79. The lowest BCUT2D eigenvalue weighted by molar-refractivity contribution is 0.206. The average molecular weight is 282 g/mol. The summed E-state index contributed by atoms with van der Waals surface area (Å²) in [6.07, 6.45) is 6.21. The van der Waals surface area contributed by atoms with E-state index in [1.54, 1.807) is 0 Å². The molecule has 0 aromatic heterocycles. The van der Waals surface area contributed by atoms with Gasteiger partial charge in [-0.05, 0) is 44.6 Å². The highest BCUT2D eigenvalue weighted by Crippen LogP contribution is 2.10. The first kappa shape index (κ1) is 17.3. The first-order valence-electron chi connectivity index (χ1n) is 8.35. The van der Waals surface area contributed by atoms with Crippen LogP contribution in [0.4, 0.5) is 0 Å². The zero-order valence-corrected chi connectivity index (χ0v) is 13.9. The van der Waals surface area contributed by atoms with Gasteiger partial charge < -0.3 is 15.5 Å². The minimum absolute atomic E-state index is 0.583. The van der Waals surface area contributed by atoms with E-state index in [2.05, 4.69) is 41.3 Å². The number of rotatable bonds is 7. The molecular weight excluding hydrogens is 248 g/mol. The highest BCUT2D eigenvalue weighted by Gasteiger charge is 2.19. The van der Waals surface area contributed by atoms with Gasteiger partial charge in [0.25, 0.3) is 0 Å². The molecule has 0 amide bonds. The van der Waals surface area contributed by atoms with Gasteiger partial charge in [-0.25, -0.2) is 0 Å². The van der Waals surface area contributed by atoms with Gasteiger partial charge in [-0.2, -0.15) is 0 Å². The lowest BCUT2D eigenvalue weighted by atomic mass is 10.1. The summed E-state index contributed by atoms with van der Waals surface area (Å²) < 4.78 is 0. The van der Waals surface area contributed by atoms with E-state index in [0.717, 1.165) is 18.4 Å². The number of likely N-dealkylation sites (tertiary alicyclic amines) is 1. The zero-order valence-electron chi connectivity index (χ0n) is 13.9. The molecule has 0 spiro atoms. The Morgan fingerprint density at radius 3 is 2.55 bits per heavy atom. The minimum atomic E-state index is 0.583. The molecule has 0 radical (unpaired) electrons. The SMILES string of the molecule is CCCN1CCC(NC(=NC)NCCCC(C)C)CC1. The quantitative estimate of drug-likeness (QED) is 0.428. The predicted molar refractivity (Wildman–Crippen MR) is 88.3 cm³/mol. The molecule has 1 heterocycles. The summed E-state index contributed by atoms with van der Waals surface area (Å²) >= 11 is 0. The normalized spacial score (nSPS) is 18.6. The van der Waals surface area contributed by atoms with Crippen LogP contribution in [0.1, 0.15) is 52.9 Å². The Labute approximate surface area is 125 Å². The standard InChI is InChI=1S/C16H34N4/c1-5-11-20-12-8-15(9-13-20)19-16(17-4)18-10-6-7-14(2)3/h14-15H,5-13H2,1-4H3,(H2,17,18,19). The average Bonchev–Trinajstić information content (AvgIpc) is 2.44. The number of hydrogen-bond donors (Lipinski definition) is 2. The summed E-state index contributed by atoms with van der Waals surface area (Å²) in [5, 5.41) is 7.00. The van der Waals surface area contributed by atoms with E-state index < -0.39 is 0 Å². The molecule has 0 unspecified atom stereocenters. The lowest BCUT2D eigenvalue weighted by Crippen LogP contribution is -2.48. The Morgan fingerprint density at radius 1 is 1.30 bits per heavy atom. The van der Waals surface area contributed by atoms with Crippen molar-refractivity contribution in [3.63, 3.8) is 0 Å².